The van der Waals surface area contributed by atoms with Crippen LogP contribution in [0.4, 0.5) is 5.69 Å². The van der Waals surface area contributed by atoms with Gasteiger partial charge >= 0.3 is 0 Å². The Morgan fingerprint density at radius 2 is 1.74 bits per heavy atom. The molecular formula is C22H25N3OS. The number of guanidine groups is 1. The molecule has 140 valence electrons. The first-order chi connectivity index (χ1) is 13.3. The Bertz CT molecular complexity index is 905. The van der Waals surface area contributed by atoms with E-state index in [4.69, 9.17) is 10.5 Å². The normalized spacial score (nSPS) is 11.7. The van der Waals surface area contributed by atoms with Gasteiger partial charge < -0.3 is 15.8 Å². The van der Waals surface area contributed by atoms with Crippen molar-refractivity contribution >= 4 is 34.2 Å². The quantitative estimate of drug-likeness (QED) is 0.340. The van der Waals surface area contributed by atoms with Crippen LogP contribution in [0.2, 0.25) is 0 Å². The molecule has 0 aliphatic heterocycles. The number of para-hydroxylation sites is 1. The molecule has 0 saturated heterocycles. The Morgan fingerprint density at radius 3 is 2.63 bits per heavy atom. The van der Waals surface area contributed by atoms with Crippen molar-refractivity contribution in [3.05, 3.63) is 77.9 Å². The zero-order valence-electron chi connectivity index (χ0n) is 15.5. The first-order valence-corrected chi connectivity index (χ1v) is 10.1. The van der Waals surface area contributed by atoms with Gasteiger partial charge in [0.25, 0.3) is 0 Å². The van der Waals surface area contributed by atoms with Crippen LogP contribution in [0.5, 0.6) is 0 Å². The summed E-state index contributed by atoms with van der Waals surface area (Å²) in [6.45, 7) is 1.22. The minimum Gasteiger partial charge on any atom is -0.380 e. The highest BCUT2D eigenvalue weighted by Crippen LogP contribution is 2.22. The van der Waals surface area contributed by atoms with Gasteiger partial charge in [-0.2, -0.15) is 11.8 Å². The predicted molar refractivity (Wildman–Crippen MR) is 117 cm³/mol. The first-order valence-electron chi connectivity index (χ1n) is 8.96. The van der Waals surface area contributed by atoms with Gasteiger partial charge in [0.1, 0.15) is 0 Å². The van der Waals surface area contributed by atoms with Crippen LogP contribution < -0.4 is 11.1 Å². The molecule has 0 atom stereocenters. The topological polar surface area (TPSA) is 59.6 Å². The molecular weight excluding hydrogens is 354 g/mol. The van der Waals surface area contributed by atoms with Crippen LogP contribution in [0.25, 0.3) is 10.8 Å². The zero-order chi connectivity index (χ0) is 18.9. The second-order valence-electron chi connectivity index (χ2n) is 6.17. The van der Waals surface area contributed by atoms with Crippen molar-refractivity contribution in [1.29, 1.82) is 0 Å². The fourth-order valence-corrected chi connectivity index (χ4v) is 3.77. The molecule has 0 aromatic heterocycles. The van der Waals surface area contributed by atoms with E-state index in [1.54, 1.807) is 7.11 Å². The fourth-order valence-electron chi connectivity index (χ4n) is 2.93. The molecule has 0 amide bonds. The van der Waals surface area contributed by atoms with Crippen molar-refractivity contribution in [1.82, 2.24) is 0 Å². The highest BCUT2D eigenvalue weighted by molar-refractivity contribution is 7.98. The minimum atomic E-state index is 0.435. The van der Waals surface area contributed by atoms with Crippen LogP contribution in [0, 0.1) is 0 Å². The summed E-state index contributed by atoms with van der Waals surface area (Å²) in [7, 11) is 1.68. The smallest absolute Gasteiger partial charge is 0.193 e. The van der Waals surface area contributed by atoms with Gasteiger partial charge in [-0.25, -0.2) is 0 Å². The second-order valence-corrected chi connectivity index (χ2v) is 7.28. The number of ether oxygens (including phenoxy) is 1. The molecule has 0 saturated carbocycles. The minimum absolute atomic E-state index is 0.435. The molecule has 27 heavy (non-hydrogen) atoms. The van der Waals surface area contributed by atoms with Gasteiger partial charge in [0.2, 0.25) is 0 Å². The van der Waals surface area contributed by atoms with Gasteiger partial charge in [0.05, 0.1) is 13.2 Å². The van der Waals surface area contributed by atoms with Crippen molar-refractivity contribution in [3.8, 4) is 0 Å². The molecule has 0 radical (unpaired) electrons. The van der Waals surface area contributed by atoms with Crippen molar-refractivity contribution in [2.75, 3.05) is 24.7 Å². The summed E-state index contributed by atoms with van der Waals surface area (Å²) in [4.78, 5) is 4.44. The number of nitrogens with zero attached hydrogens (tertiary/aromatic N) is 1. The third-order valence-corrected chi connectivity index (χ3v) is 5.22. The average Bonchev–Trinajstić information content (AvgIpc) is 2.69. The number of hydrogen-bond donors (Lipinski definition) is 2. The lowest BCUT2D eigenvalue weighted by Crippen LogP contribution is -2.23. The summed E-state index contributed by atoms with van der Waals surface area (Å²) in [5.41, 5.74) is 9.38. The molecule has 4 nitrogen and oxygen atoms in total. The first kappa shape index (κ1) is 19.3. The third-order valence-electron chi connectivity index (χ3n) is 4.24. The Hall–Kier alpha value is -2.50. The number of nitrogens with one attached hydrogen (secondary N) is 1. The second kappa shape index (κ2) is 10.00. The van der Waals surface area contributed by atoms with Crippen molar-refractivity contribution < 1.29 is 4.74 Å². The fraction of sp³-hybridized carbons (Fsp3) is 0.227. The number of aliphatic imine (C=N–C) groups is 1. The monoisotopic (exact) mass is 379 g/mol. The molecule has 0 aliphatic carbocycles. The summed E-state index contributed by atoms with van der Waals surface area (Å²) in [6, 6.07) is 22.9. The van der Waals surface area contributed by atoms with Crippen molar-refractivity contribution in [2.24, 2.45) is 10.7 Å². The lowest BCUT2D eigenvalue weighted by atomic mass is 10.1. The van der Waals surface area contributed by atoms with Gasteiger partial charge in [0, 0.05) is 29.9 Å². The standard InChI is InChI=1S/C22H25N3OS/c1-26-15-18-8-3-5-12-21(18)25-22(23)24-13-14-27-16-19-10-6-9-17-7-2-4-11-20(17)19/h2-12H,13-16H2,1H3,(H3,23,24,25). The summed E-state index contributed by atoms with van der Waals surface area (Å²) in [6.07, 6.45) is 0. The molecule has 3 N–H and O–H groups in total. The number of thioether (sulfide) groups is 1. The zero-order valence-corrected chi connectivity index (χ0v) is 16.3. The van der Waals surface area contributed by atoms with Crippen LogP contribution >= 0.6 is 11.8 Å². The summed E-state index contributed by atoms with van der Waals surface area (Å²) in [5, 5.41) is 5.78. The number of anilines is 1. The van der Waals surface area contributed by atoms with Crippen LogP contribution in [-0.2, 0) is 17.1 Å². The van der Waals surface area contributed by atoms with E-state index in [2.05, 4.69) is 52.8 Å². The van der Waals surface area contributed by atoms with Gasteiger partial charge in [-0.1, -0.05) is 60.7 Å². The summed E-state index contributed by atoms with van der Waals surface area (Å²) >= 11 is 1.87. The van der Waals surface area contributed by atoms with Crippen LogP contribution in [-0.4, -0.2) is 25.4 Å². The van der Waals surface area contributed by atoms with Gasteiger partial charge in [-0.05, 0) is 22.4 Å². The van der Waals surface area contributed by atoms with Crippen LogP contribution in [0.15, 0.2) is 71.7 Å². The van der Waals surface area contributed by atoms with Crippen molar-refractivity contribution in [3.63, 3.8) is 0 Å². The van der Waals surface area contributed by atoms with Gasteiger partial charge in [-0.15, -0.1) is 0 Å². The van der Waals surface area contributed by atoms with Gasteiger partial charge in [-0.3, -0.25) is 4.99 Å². The number of fused-ring (bicyclic) bond motifs is 1. The largest absolute Gasteiger partial charge is 0.380 e. The molecule has 0 fully saturated rings. The van der Waals surface area contributed by atoms with E-state index in [-0.39, 0.29) is 0 Å². The van der Waals surface area contributed by atoms with E-state index in [0.717, 1.165) is 22.8 Å². The maximum absolute atomic E-state index is 6.03. The number of rotatable bonds is 8. The number of hydrogen-bond acceptors (Lipinski definition) is 3. The molecule has 3 aromatic rings. The Balaban J connectivity index is 1.49. The maximum atomic E-state index is 6.03. The number of methoxy groups -OCH3 is 1. The van der Waals surface area contributed by atoms with E-state index in [1.165, 1.54) is 16.3 Å². The molecule has 0 aliphatic rings. The molecule has 0 heterocycles. The van der Waals surface area contributed by atoms with E-state index in [9.17, 15) is 0 Å². The summed E-state index contributed by atoms with van der Waals surface area (Å²) in [5.74, 6) is 2.33. The van der Waals surface area contributed by atoms with E-state index in [1.807, 2.05) is 36.0 Å². The average molecular weight is 380 g/mol. The highest BCUT2D eigenvalue weighted by Gasteiger charge is 2.03. The molecule has 5 heteroatoms. The molecule has 0 unspecified atom stereocenters. The van der Waals surface area contributed by atoms with E-state index in [0.29, 0.717) is 19.1 Å². The molecule has 0 spiro atoms. The van der Waals surface area contributed by atoms with Crippen LogP contribution in [0.1, 0.15) is 11.1 Å². The SMILES string of the molecule is COCc1ccccc1NC(N)=NCCSCc1cccc2ccccc12. The Morgan fingerprint density at radius 1 is 1.00 bits per heavy atom. The van der Waals surface area contributed by atoms with E-state index < -0.39 is 0 Å². The molecule has 3 aromatic carbocycles. The van der Waals surface area contributed by atoms with Crippen LogP contribution in [0.3, 0.4) is 0 Å². The van der Waals surface area contributed by atoms with Gasteiger partial charge in [0.15, 0.2) is 5.96 Å². The number of nitrogens with two attached hydrogens (primary N) is 1. The molecule has 3 rings (SSSR count). The molecule has 0 bridgehead atoms. The summed E-state index contributed by atoms with van der Waals surface area (Å²) < 4.78 is 5.21. The third kappa shape index (κ3) is 5.49. The lowest BCUT2D eigenvalue weighted by Gasteiger charge is -2.11. The maximum Gasteiger partial charge on any atom is 0.193 e. The lowest BCUT2D eigenvalue weighted by molar-refractivity contribution is 0.185. The van der Waals surface area contributed by atoms with Crippen molar-refractivity contribution in [2.45, 2.75) is 12.4 Å². The van der Waals surface area contributed by atoms with E-state index >= 15 is 0 Å². The highest BCUT2D eigenvalue weighted by atomic mass is 32.2. The number of benzene rings is 3. The predicted octanol–water partition coefficient (Wildman–Crippen LogP) is 4.65. The Kier molecular flexibility index (Phi) is 7.13. The Labute approximate surface area is 164 Å².